The molecule has 1 aromatic heterocycles. The van der Waals surface area contributed by atoms with E-state index in [2.05, 4.69) is 46.2 Å². The van der Waals surface area contributed by atoms with Crippen LogP contribution in [0.2, 0.25) is 0 Å². The molecule has 0 saturated heterocycles. The highest BCUT2D eigenvalue weighted by Gasteiger charge is 2.34. The zero-order chi connectivity index (χ0) is 22.2. The van der Waals surface area contributed by atoms with E-state index in [0.29, 0.717) is 25.1 Å². The van der Waals surface area contributed by atoms with E-state index in [9.17, 15) is 4.79 Å². The van der Waals surface area contributed by atoms with Crippen LogP contribution in [0.1, 0.15) is 29.2 Å². The average molecular weight is 436 g/mol. The van der Waals surface area contributed by atoms with Crippen molar-refractivity contribution in [2.75, 3.05) is 34.0 Å². The monoisotopic (exact) mass is 435 g/mol. The Hall–Kier alpha value is -3.19. The summed E-state index contributed by atoms with van der Waals surface area (Å²) < 4.78 is 19.1. The van der Waals surface area contributed by atoms with E-state index in [1.807, 2.05) is 19.2 Å². The van der Waals surface area contributed by atoms with Crippen molar-refractivity contribution >= 4 is 16.8 Å². The number of fused-ring (bicyclic) bond motifs is 3. The second-order valence-corrected chi connectivity index (χ2v) is 8.55. The van der Waals surface area contributed by atoms with Gasteiger partial charge in [0.15, 0.2) is 11.5 Å². The first-order valence-corrected chi connectivity index (χ1v) is 11.1. The minimum Gasteiger partial charge on any atom is -0.492 e. The van der Waals surface area contributed by atoms with E-state index in [0.717, 1.165) is 30.0 Å². The number of likely N-dealkylation sites (N-methyl/N-ethyl adjacent to an activating group) is 1. The number of benzene rings is 2. The maximum Gasteiger partial charge on any atom is 0.231 e. The van der Waals surface area contributed by atoms with Crippen LogP contribution in [0.4, 0.5) is 0 Å². The van der Waals surface area contributed by atoms with Crippen molar-refractivity contribution in [3.05, 3.63) is 53.2 Å². The highest BCUT2D eigenvalue weighted by Crippen LogP contribution is 2.49. The second-order valence-electron chi connectivity index (χ2n) is 8.55. The highest BCUT2D eigenvalue weighted by atomic mass is 16.7. The van der Waals surface area contributed by atoms with Gasteiger partial charge in [0.25, 0.3) is 0 Å². The standard InChI is InChI=1S/C25H29N3O4/c1-27-11-10-16-12-21-24(32-15-31-21)25(30-3)23(16)20(27)13-26-22(29)9-8-17-14-28(2)19-7-5-4-6-18(17)19/h4-7,12,14,20H,8-11,13,15H2,1-3H3,(H,26,29)/t20-/m0/s1. The maximum atomic E-state index is 12.7. The van der Waals surface area contributed by atoms with Crippen LogP contribution in [-0.2, 0) is 24.7 Å². The molecule has 2 aromatic carbocycles. The summed E-state index contributed by atoms with van der Waals surface area (Å²) >= 11 is 0. The number of nitrogens with zero attached hydrogens (tertiary/aromatic N) is 2. The lowest BCUT2D eigenvalue weighted by Crippen LogP contribution is -2.40. The van der Waals surface area contributed by atoms with E-state index in [1.54, 1.807) is 7.11 Å². The van der Waals surface area contributed by atoms with Crippen molar-refractivity contribution in [1.82, 2.24) is 14.8 Å². The number of carbonyl (C=O) groups excluding carboxylic acids is 1. The molecule has 1 amide bonds. The van der Waals surface area contributed by atoms with E-state index >= 15 is 0 Å². The van der Waals surface area contributed by atoms with Crippen LogP contribution >= 0.6 is 0 Å². The molecule has 0 saturated carbocycles. The first kappa shape index (κ1) is 20.7. The zero-order valence-corrected chi connectivity index (χ0v) is 18.8. The van der Waals surface area contributed by atoms with Crippen molar-refractivity contribution in [2.24, 2.45) is 7.05 Å². The Labute approximate surface area is 187 Å². The Kier molecular flexibility index (Phi) is 5.43. The van der Waals surface area contributed by atoms with E-state index in [-0.39, 0.29) is 18.7 Å². The van der Waals surface area contributed by atoms with Gasteiger partial charge in [0.1, 0.15) is 0 Å². The predicted molar refractivity (Wildman–Crippen MR) is 122 cm³/mol. The summed E-state index contributed by atoms with van der Waals surface area (Å²) in [6.07, 6.45) is 4.20. The van der Waals surface area contributed by atoms with Gasteiger partial charge in [-0.3, -0.25) is 9.69 Å². The number of hydrogen-bond donors (Lipinski definition) is 1. The normalized spacial score (nSPS) is 17.4. The lowest BCUT2D eigenvalue weighted by molar-refractivity contribution is -0.121. The SMILES string of the molecule is COc1c2c(cc3c1[C@H](CNC(=O)CCc1cn(C)c4ccccc14)N(C)CC3)OCO2. The van der Waals surface area contributed by atoms with Gasteiger partial charge in [-0.1, -0.05) is 18.2 Å². The van der Waals surface area contributed by atoms with Gasteiger partial charge in [0, 0.05) is 49.2 Å². The van der Waals surface area contributed by atoms with Crippen molar-refractivity contribution in [3.63, 3.8) is 0 Å². The van der Waals surface area contributed by atoms with E-state index < -0.39 is 0 Å². The lowest BCUT2D eigenvalue weighted by Gasteiger charge is -2.36. The molecule has 0 unspecified atom stereocenters. The van der Waals surface area contributed by atoms with Crippen LogP contribution in [0.25, 0.3) is 10.9 Å². The summed E-state index contributed by atoms with van der Waals surface area (Å²) in [5, 5.41) is 4.37. The maximum absolute atomic E-state index is 12.7. The number of rotatable bonds is 6. The van der Waals surface area contributed by atoms with Crippen LogP contribution < -0.4 is 19.5 Å². The molecule has 168 valence electrons. The summed E-state index contributed by atoms with van der Waals surface area (Å²) in [7, 11) is 5.78. The Morgan fingerprint density at radius 1 is 1.25 bits per heavy atom. The Bertz CT molecular complexity index is 1170. The topological polar surface area (TPSA) is 65.0 Å². The van der Waals surface area contributed by atoms with Gasteiger partial charge in [-0.05, 0) is 43.1 Å². The molecule has 2 aliphatic heterocycles. The first-order valence-electron chi connectivity index (χ1n) is 11.1. The van der Waals surface area contributed by atoms with E-state index in [1.165, 1.54) is 22.0 Å². The van der Waals surface area contributed by atoms with Crippen molar-refractivity contribution in [1.29, 1.82) is 0 Å². The quantitative estimate of drug-likeness (QED) is 0.644. The van der Waals surface area contributed by atoms with Crippen molar-refractivity contribution in [3.8, 4) is 17.2 Å². The number of hydrogen-bond acceptors (Lipinski definition) is 5. The van der Waals surface area contributed by atoms with Gasteiger partial charge in [0.2, 0.25) is 18.4 Å². The van der Waals surface area contributed by atoms with E-state index in [4.69, 9.17) is 14.2 Å². The Balaban J connectivity index is 1.29. The second kappa shape index (κ2) is 8.39. The van der Waals surface area contributed by atoms with Gasteiger partial charge < -0.3 is 24.1 Å². The fourth-order valence-electron chi connectivity index (χ4n) is 4.95. The number of ether oxygens (including phenoxy) is 3. The smallest absolute Gasteiger partial charge is 0.231 e. The molecule has 0 radical (unpaired) electrons. The highest BCUT2D eigenvalue weighted by molar-refractivity contribution is 5.85. The summed E-state index contributed by atoms with van der Waals surface area (Å²) in [5.41, 5.74) is 4.67. The van der Waals surface area contributed by atoms with Crippen LogP contribution in [0.15, 0.2) is 36.5 Å². The molecule has 3 aromatic rings. The largest absolute Gasteiger partial charge is 0.492 e. The molecule has 7 nitrogen and oxygen atoms in total. The van der Waals surface area contributed by atoms with Gasteiger partial charge in [0.05, 0.1) is 13.2 Å². The number of para-hydroxylation sites is 1. The third-order valence-electron chi connectivity index (χ3n) is 6.64. The molecular weight excluding hydrogens is 406 g/mol. The van der Waals surface area contributed by atoms with Gasteiger partial charge in [-0.15, -0.1) is 0 Å². The number of aromatic nitrogens is 1. The molecule has 0 spiro atoms. The lowest BCUT2D eigenvalue weighted by atomic mass is 9.91. The Morgan fingerprint density at radius 3 is 2.94 bits per heavy atom. The molecule has 0 aliphatic carbocycles. The number of amides is 1. The molecule has 32 heavy (non-hydrogen) atoms. The van der Waals surface area contributed by atoms with Crippen LogP contribution in [0, 0.1) is 0 Å². The van der Waals surface area contributed by atoms with Crippen molar-refractivity contribution < 1.29 is 19.0 Å². The molecule has 2 aliphatic rings. The molecule has 3 heterocycles. The third kappa shape index (κ3) is 3.56. The fraction of sp³-hybridized carbons (Fsp3) is 0.400. The molecule has 7 heteroatoms. The molecule has 1 N–H and O–H groups in total. The number of nitrogens with one attached hydrogen (secondary N) is 1. The van der Waals surface area contributed by atoms with Gasteiger partial charge in [-0.25, -0.2) is 0 Å². The number of aryl methyl sites for hydroxylation is 2. The minimum atomic E-state index is 0.0182. The molecule has 0 fully saturated rings. The van der Waals surface area contributed by atoms with Crippen molar-refractivity contribution in [2.45, 2.75) is 25.3 Å². The number of methoxy groups -OCH3 is 1. The zero-order valence-electron chi connectivity index (χ0n) is 18.8. The summed E-state index contributed by atoms with van der Waals surface area (Å²) in [6, 6.07) is 10.4. The predicted octanol–water partition coefficient (Wildman–Crippen LogP) is 3.19. The van der Waals surface area contributed by atoms with Gasteiger partial charge in [-0.2, -0.15) is 0 Å². The molecular formula is C25H29N3O4. The summed E-state index contributed by atoms with van der Waals surface area (Å²) in [5.74, 6) is 2.17. The number of carbonyl (C=O) groups is 1. The molecule has 0 bridgehead atoms. The Morgan fingerprint density at radius 2 is 2.09 bits per heavy atom. The molecule has 5 rings (SSSR count). The average Bonchev–Trinajstić information content (AvgIpc) is 3.40. The van der Waals surface area contributed by atoms with Crippen LogP contribution in [-0.4, -0.2) is 49.4 Å². The van der Waals surface area contributed by atoms with Crippen LogP contribution in [0.3, 0.4) is 0 Å². The summed E-state index contributed by atoms with van der Waals surface area (Å²) in [4.78, 5) is 15.0. The third-order valence-corrected chi connectivity index (χ3v) is 6.64. The first-order chi connectivity index (χ1) is 15.6. The van der Waals surface area contributed by atoms with Gasteiger partial charge >= 0.3 is 0 Å². The fourth-order valence-corrected chi connectivity index (χ4v) is 4.95. The van der Waals surface area contributed by atoms with Crippen LogP contribution in [0.5, 0.6) is 17.2 Å². The summed E-state index contributed by atoms with van der Waals surface area (Å²) in [6.45, 7) is 1.64. The molecule has 1 atom stereocenters. The minimum absolute atomic E-state index is 0.0182.